The summed E-state index contributed by atoms with van der Waals surface area (Å²) in [6.07, 6.45) is 0.932. The minimum Gasteiger partial charge on any atom is -0.382 e. The molecule has 1 rings (SSSR count). The summed E-state index contributed by atoms with van der Waals surface area (Å²) in [6.45, 7) is 8.22. The highest BCUT2D eigenvalue weighted by Gasteiger charge is 2.05. The van der Waals surface area contributed by atoms with Gasteiger partial charge in [0, 0.05) is 38.4 Å². The number of guanidine groups is 1. The van der Waals surface area contributed by atoms with Crippen molar-refractivity contribution in [3.05, 3.63) is 35.1 Å². The summed E-state index contributed by atoms with van der Waals surface area (Å²) in [4.78, 5) is 6.52. The van der Waals surface area contributed by atoms with Crippen LogP contribution in [0.4, 0.5) is 4.39 Å². The predicted molar refractivity (Wildman–Crippen MR) is 97.7 cm³/mol. The smallest absolute Gasteiger partial charge is 0.191 e. The number of nitrogens with zero attached hydrogens (tertiary/aromatic N) is 2. The molecule has 136 valence electrons. The third-order valence-electron chi connectivity index (χ3n) is 3.32. The predicted octanol–water partition coefficient (Wildman–Crippen LogP) is 2.37. The van der Waals surface area contributed by atoms with E-state index in [1.807, 2.05) is 38.9 Å². The zero-order valence-corrected chi connectivity index (χ0v) is 15.4. The van der Waals surface area contributed by atoms with Crippen LogP contribution < -0.4 is 10.6 Å². The number of hydrogen-bond donors (Lipinski definition) is 2. The summed E-state index contributed by atoms with van der Waals surface area (Å²) < 4.78 is 19.1. The quantitative estimate of drug-likeness (QED) is 0.391. The van der Waals surface area contributed by atoms with Gasteiger partial charge >= 0.3 is 0 Å². The van der Waals surface area contributed by atoms with Crippen LogP contribution in [-0.4, -0.2) is 51.3 Å². The van der Waals surface area contributed by atoms with Gasteiger partial charge in [0.15, 0.2) is 5.96 Å². The molecule has 0 saturated carbocycles. The Kier molecular flexibility index (Phi) is 10.0. The number of nitrogens with one attached hydrogen (secondary N) is 2. The lowest BCUT2D eigenvalue weighted by atomic mass is 10.1. The molecule has 0 fully saturated rings. The van der Waals surface area contributed by atoms with Crippen LogP contribution in [0.25, 0.3) is 0 Å². The van der Waals surface area contributed by atoms with Gasteiger partial charge in [0.1, 0.15) is 5.82 Å². The van der Waals surface area contributed by atoms with Crippen LogP contribution in [0.2, 0.25) is 0 Å². The molecular weight excluding hydrogens is 307 g/mol. The molecule has 0 bridgehead atoms. The van der Waals surface area contributed by atoms with Gasteiger partial charge < -0.3 is 20.3 Å². The van der Waals surface area contributed by atoms with Crippen molar-refractivity contribution in [2.75, 3.05) is 40.4 Å². The van der Waals surface area contributed by atoms with Gasteiger partial charge in [-0.05, 0) is 52.1 Å². The van der Waals surface area contributed by atoms with E-state index < -0.39 is 0 Å². The van der Waals surface area contributed by atoms with Gasteiger partial charge in [0.25, 0.3) is 0 Å². The SMILES string of the molecule is CCNC(=NCc1ccc(F)c(CN(C)C)c1)NCCCOCC. The topological polar surface area (TPSA) is 48.9 Å². The lowest BCUT2D eigenvalue weighted by molar-refractivity contribution is 0.145. The maximum atomic E-state index is 13.8. The third kappa shape index (κ3) is 8.26. The van der Waals surface area contributed by atoms with Crippen LogP contribution in [0.5, 0.6) is 0 Å². The van der Waals surface area contributed by atoms with E-state index in [1.165, 1.54) is 6.07 Å². The molecule has 0 aliphatic rings. The molecule has 0 aromatic heterocycles. The fraction of sp³-hybridized carbons (Fsp3) is 0.611. The van der Waals surface area contributed by atoms with Crippen molar-refractivity contribution >= 4 is 5.96 Å². The van der Waals surface area contributed by atoms with Gasteiger partial charge in [-0.2, -0.15) is 0 Å². The van der Waals surface area contributed by atoms with Crippen LogP contribution in [0.15, 0.2) is 23.2 Å². The molecule has 6 heteroatoms. The number of benzene rings is 1. The molecule has 0 saturated heterocycles. The van der Waals surface area contributed by atoms with Crippen molar-refractivity contribution in [1.82, 2.24) is 15.5 Å². The monoisotopic (exact) mass is 338 g/mol. The second-order valence-electron chi connectivity index (χ2n) is 5.84. The van der Waals surface area contributed by atoms with E-state index in [2.05, 4.69) is 15.6 Å². The van der Waals surface area contributed by atoms with Crippen molar-refractivity contribution in [2.24, 2.45) is 4.99 Å². The van der Waals surface area contributed by atoms with Gasteiger partial charge in [0.2, 0.25) is 0 Å². The second kappa shape index (κ2) is 11.8. The molecule has 0 atom stereocenters. The van der Waals surface area contributed by atoms with E-state index in [-0.39, 0.29) is 5.82 Å². The van der Waals surface area contributed by atoms with Crippen molar-refractivity contribution in [2.45, 2.75) is 33.4 Å². The summed E-state index contributed by atoms with van der Waals surface area (Å²) in [5.74, 6) is 0.602. The normalized spacial score (nSPS) is 11.8. The molecule has 1 aromatic rings. The van der Waals surface area contributed by atoms with E-state index in [0.29, 0.717) is 18.7 Å². The van der Waals surface area contributed by atoms with E-state index in [1.54, 1.807) is 6.07 Å². The zero-order chi connectivity index (χ0) is 17.8. The van der Waals surface area contributed by atoms with Crippen LogP contribution in [-0.2, 0) is 17.8 Å². The van der Waals surface area contributed by atoms with Crippen LogP contribution in [0.1, 0.15) is 31.4 Å². The lowest BCUT2D eigenvalue weighted by Crippen LogP contribution is -2.38. The molecule has 0 aliphatic heterocycles. The third-order valence-corrected chi connectivity index (χ3v) is 3.32. The molecule has 0 amide bonds. The van der Waals surface area contributed by atoms with Crippen molar-refractivity contribution < 1.29 is 9.13 Å². The highest BCUT2D eigenvalue weighted by molar-refractivity contribution is 5.79. The first-order valence-electron chi connectivity index (χ1n) is 8.58. The van der Waals surface area contributed by atoms with Gasteiger partial charge in [0.05, 0.1) is 6.54 Å². The van der Waals surface area contributed by atoms with Crippen LogP contribution in [0.3, 0.4) is 0 Å². The largest absolute Gasteiger partial charge is 0.382 e. The molecule has 0 unspecified atom stereocenters. The lowest BCUT2D eigenvalue weighted by Gasteiger charge is -2.13. The minimum atomic E-state index is -0.169. The van der Waals surface area contributed by atoms with Crippen molar-refractivity contribution in [3.8, 4) is 0 Å². The molecule has 2 N–H and O–H groups in total. The fourth-order valence-electron chi connectivity index (χ4n) is 2.23. The van der Waals surface area contributed by atoms with E-state index in [4.69, 9.17) is 4.74 Å². The average molecular weight is 338 g/mol. The molecule has 24 heavy (non-hydrogen) atoms. The van der Waals surface area contributed by atoms with E-state index in [9.17, 15) is 4.39 Å². The van der Waals surface area contributed by atoms with Gasteiger partial charge in [-0.3, -0.25) is 0 Å². The number of rotatable bonds is 10. The maximum Gasteiger partial charge on any atom is 0.191 e. The standard InChI is InChI=1S/C18H31FN4O/c1-5-20-18(21-10-7-11-24-6-2)22-13-15-8-9-17(19)16(12-15)14-23(3)4/h8-9,12H,5-7,10-11,13-14H2,1-4H3,(H2,20,21,22). The summed E-state index contributed by atoms with van der Waals surface area (Å²) in [6, 6.07) is 5.19. The highest BCUT2D eigenvalue weighted by atomic mass is 19.1. The summed E-state index contributed by atoms with van der Waals surface area (Å²) in [5, 5.41) is 6.50. The first-order valence-corrected chi connectivity index (χ1v) is 8.58. The van der Waals surface area contributed by atoms with Gasteiger partial charge in [-0.15, -0.1) is 0 Å². The second-order valence-corrected chi connectivity index (χ2v) is 5.84. The molecule has 1 aromatic carbocycles. The molecular formula is C18H31FN4O. The minimum absolute atomic E-state index is 0.169. The first-order chi connectivity index (χ1) is 11.6. The molecule has 0 heterocycles. The number of ether oxygens (including phenoxy) is 1. The van der Waals surface area contributed by atoms with E-state index in [0.717, 1.165) is 44.2 Å². The number of hydrogen-bond acceptors (Lipinski definition) is 3. The molecule has 0 spiro atoms. The maximum absolute atomic E-state index is 13.8. The summed E-state index contributed by atoms with van der Waals surface area (Å²) >= 11 is 0. The van der Waals surface area contributed by atoms with Crippen LogP contribution in [0, 0.1) is 5.82 Å². The Balaban J connectivity index is 2.61. The molecule has 0 aliphatic carbocycles. The Hall–Kier alpha value is -1.66. The Morgan fingerprint density at radius 2 is 2.04 bits per heavy atom. The zero-order valence-electron chi connectivity index (χ0n) is 15.4. The highest BCUT2D eigenvalue weighted by Crippen LogP contribution is 2.13. The number of aliphatic imine (C=N–C) groups is 1. The van der Waals surface area contributed by atoms with Crippen molar-refractivity contribution in [3.63, 3.8) is 0 Å². The average Bonchev–Trinajstić information content (AvgIpc) is 2.54. The Morgan fingerprint density at radius 3 is 2.71 bits per heavy atom. The Bertz CT molecular complexity index is 506. The van der Waals surface area contributed by atoms with Crippen LogP contribution >= 0.6 is 0 Å². The Morgan fingerprint density at radius 1 is 1.25 bits per heavy atom. The van der Waals surface area contributed by atoms with Gasteiger partial charge in [-0.25, -0.2) is 9.38 Å². The van der Waals surface area contributed by atoms with Gasteiger partial charge in [-0.1, -0.05) is 6.07 Å². The fourth-order valence-corrected chi connectivity index (χ4v) is 2.23. The molecule has 5 nitrogen and oxygen atoms in total. The number of halogens is 1. The summed E-state index contributed by atoms with van der Waals surface area (Å²) in [5.41, 5.74) is 1.70. The van der Waals surface area contributed by atoms with E-state index >= 15 is 0 Å². The summed E-state index contributed by atoms with van der Waals surface area (Å²) in [7, 11) is 3.86. The molecule has 0 radical (unpaired) electrons. The van der Waals surface area contributed by atoms with Crippen molar-refractivity contribution in [1.29, 1.82) is 0 Å². The first kappa shape index (κ1) is 20.4. The Labute approximate surface area is 145 Å².